The molecule has 1 amide bonds. The van der Waals surface area contributed by atoms with Crippen molar-refractivity contribution in [1.82, 2.24) is 5.43 Å². The predicted molar refractivity (Wildman–Crippen MR) is 75.1 cm³/mol. The van der Waals surface area contributed by atoms with Crippen LogP contribution in [0.4, 0.5) is 10.5 Å². The zero-order valence-electron chi connectivity index (χ0n) is 11.2. The summed E-state index contributed by atoms with van der Waals surface area (Å²) in [7, 11) is 0. The van der Waals surface area contributed by atoms with E-state index < -0.39 is 16.6 Å². The van der Waals surface area contributed by atoms with Crippen LogP contribution in [0.3, 0.4) is 0 Å². The summed E-state index contributed by atoms with van der Waals surface area (Å²) in [6, 6.07) is 4.17. The fourth-order valence-corrected chi connectivity index (χ4v) is 1.40. The first-order valence-corrected chi connectivity index (χ1v) is 6.03. The number of amides is 1. The number of nitro groups is 1. The summed E-state index contributed by atoms with van der Waals surface area (Å²) in [5.74, 6) is 0. The number of rotatable bonds is 3. The van der Waals surface area contributed by atoms with Crippen LogP contribution in [0, 0.1) is 10.1 Å². The minimum atomic E-state index is -0.711. The summed E-state index contributed by atoms with van der Waals surface area (Å²) in [6.45, 7) is 5.16. The smallest absolute Gasteiger partial charge is 0.428 e. The lowest BCUT2D eigenvalue weighted by Crippen LogP contribution is -2.29. The molecule has 0 aliphatic heterocycles. The average molecular weight is 300 g/mol. The molecule has 0 unspecified atom stereocenters. The van der Waals surface area contributed by atoms with E-state index in [1.54, 1.807) is 20.8 Å². The van der Waals surface area contributed by atoms with Crippen LogP contribution in [0.2, 0.25) is 5.02 Å². The number of ether oxygens (including phenoxy) is 1. The van der Waals surface area contributed by atoms with Crippen LogP contribution in [0.1, 0.15) is 26.3 Å². The number of nitrogens with zero attached hydrogens (tertiary/aromatic N) is 2. The summed E-state index contributed by atoms with van der Waals surface area (Å²) in [5.41, 5.74) is 1.73. The molecule has 108 valence electrons. The van der Waals surface area contributed by atoms with Crippen LogP contribution in [0.15, 0.2) is 23.3 Å². The number of hydrazone groups is 1. The van der Waals surface area contributed by atoms with Gasteiger partial charge in [-0.2, -0.15) is 5.10 Å². The van der Waals surface area contributed by atoms with E-state index in [4.69, 9.17) is 16.3 Å². The molecule has 0 bridgehead atoms. The first-order valence-electron chi connectivity index (χ1n) is 5.65. The summed E-state index contributed by atoms with van der Waals surface area (Å²) in [5, 5.41) is 14.4. The molecule has 0 radical (unpaired) electrons. The van der Waals surface area contributed by atoms with E-state index in [0.717, 1.165) is 0 Å². The molecule has 0 spiro atoms. The zero-order valence-corrected chi connectivity index (χ0v) is 12.0. The normalized spacial score (nSPS) is 11.4. The quantitative estimate of drug-likeness (QED) is 0.527. The maximum Gasteiger partial charge on any atom is 0.428 e. The van der Waals surface area contributed by atoms with Gasteiger partial charge in [0.25, 0.3) is 5.69 Å². The molecule has 0 aromatic heterocycles. The summed E-state index contributed by atoms with van der Waals surface area (Å²) in [4.78, 5) is 21.4. The zero-order chi connectivity index (χ0) is 15.3. The molecule has 0 saturated carbocycles. The number of nitro benzene ring substituents is 1. The monoisotopic (exact) mass is 299 g/mol. The molecule has 1 N–H and O–H groups in total. The maximum absolute atomic E-state index is 11.3. The van der Waals surface area contributed by atoms with Crippen LogP contribution in [-0.4, -0.2) is 22.8 Å². The largest absolute Gasteiger partial charge is 0.443 e. The van der Waals surface area contributed by atoms with Crippen LogP contribution in [0.25, 0.3) is 0 Å². The van der Waals surface area contributed by atoms with Crippen molar-refractivity contribution in [3.8, 4) is 0 Å². The molecule has 1 aromatic carbocycles. The Hall–Kier alpha value is -2.15. The Morgan fingerprint density at radius 1 is 1.50 bits per heavy atom. The van der Waals surface area contributed by atoms with E-state index in [2.05, 4.69) is 10.5 Å². The standard InChI is InChI=1S/C12H14ClN3O4/c1-12(2,3)20-11(17)15-14-7-8-4-5-9(13)10(6-8)16(18)19/h4-7H,1-3H3,(H,15,17)/b14-7-. The second kappa shape index (κ2) is 6.33. The molecule has 0 heterocycles. The Morgan fingerprint density at radius 2 is 2.15 bits per heavy atom. The SMILES string of the molecule is CC(C)(C)OC(=O)N/N=C\c1ccc(Cl)c([N+](=O)[O-])c1. The third-order valence-corrected chi connectivity index (χ3v) is 2.25. The molecule has 1 aromatic rings. The molecule has 1 rings (SSSR count). The highest BCUT2D eigenvalue weighted by Crippen LogP contribution is 2.24. The first kappa shape index (κ1) is 15.9. The fourth-order valence-electron chi connectivity index (χ4n) is 1.21. The van der Waals surface area contributed by atoms with Crippen LogP contribution in [0.5, 0.6) is 0 Å². The average Bonchev–Trinajstić information content (AvgIpc) is 2.28. The van der Waals surface area contributed by atoms with Crippen molar-refractivity contribution in [2.24, 2.45) is 5.10 Å². The van der Waals surface area contributed by atoms with Crippen molar-refractivity contribution in [3.05, 3.63) is 38.9 Å². The van der Waals surface area contributed by atoms with Gasteiger partial charge in [-0.3, -0.25) is 10.1 Å². The van der Waals surface area contributed by atoms with Gasteiger partial charge in [-0.25, -0.2) is 10.2 Å². The Labute approximate surface area is 120 Å². The van der Waals surface area contributed by atoms with E-state index in [1.165, 1.54) is 24.4 Å². The minimum absolute atomic E-state index is 0.0345. The lowest BCUT2D eigenvalue weighted by molar-refractivity contribution is -0.384. The molecule has 0 saturated heterocycles. The van der Waals surface area contributed by atoms with Crippen molar-refractivity contribution in [2.75, 3.05) is 0 Å². The van der Waals surface area contributed by atoms with Crippen molar-refractivity contribution in [3.63, 3.8) is 0 Å². The Kier molecular flexibility index (Phi) is 5.04. The van der Waals surface area contributed by atoms with E-state index >= 15 is 0 Å². The van der Waals surface area contributed by atoms with E-state index in [9.17, 15) is 14.9 Å². The minimum Gasteiger partial charge on any atom is -0.443 e. The fraction of sp³-hybridized carbons (Fsp3) is 0.333. The van der Waals surface area contributed by atoms with Gasteiger partial charge in [0.15, 0.2) is 0 Å². The van der Waals surface area contributed by atoms with Gasteiger partial charge in [0.05, 0.1) is 11.1 Å². The van der Waals surface area contributed by atoms with Gasteiger partial charge in [0.2, 0.25) is 0 Å². The van der Waals surface area contributed by atoms with Gasteiger partial charge >= 0.3 is 6.09 Å². The first-order chi connectivity index (χ1) is 9.19. The van der Waals surface area contributed by atoms with Crippen molar-refractivity contribution in [1.29, 1.82) is 0 Å². The van der Waals surface area contributed by atoms with Gasteiger partial charge in [-0.1, -0.05) is 17.7 Å². The van der Waals surface area contributed by atoms with Gasteiger partial charge in [0.1, 0.15) is 10.6 Å². The Bertz CT molecular complexity index is 552. The highest BCUT2D eigenvalue weighted by atomic mass is 35.5. The van der Waals surface area contributed by atoms with Crippen molar-refractivity contribution >= 4 is 29.6 Å². The summed E-state index contributed by atoms with van der Waals surface area (Å²) >= 11 is 5.67. The molecule has 0 fully saturated rings. The maximum atomic E-state index is 11.3. The van der Waals surface area contributed by atoms with E-state index in [1.807, 2.05) is 0 Å². The van der Waals surface area contributed by atoms with Gasteiger partial charge in [-0.05, 0) is 26.8 Å². The number of halogens is 1. The number of benzene rings is 1. The third kappa shape index (κ3) is 5.23. The topological polar surface area (TPSA) is 93.8 Å². The third-order valence-electron chi connectivity index (χ3n) is 1.94. The van der Waals surface area contributed by atoms with Gasteiger partial charge < -0.3 is 4.74 Å². The number of nitrogens with one attached hydrogen (secondary N) is 1. The highest BCUT2D eigenvalue weighted by Gasteiger charge is 2.15. The van der Waals surface area contributed by atoms with E-state index in [0.29, 0.717) is 5.56 Å². The summed E-state index contributed by atoms with van der Waals surface area (Å²) in [6.07, 6.45) is 0.546. The second-order valence-electron chi connectivity index (χ2n) is 4.84. The number of hydrogen-bond acceptors (Lipinski definition) is 5. The molecular weight excluding hydrogens is 286 g/mol. The Balaban J connectivity index is 2.70. The van der Waals surface area contributed by atoms with Crippen LogP contribution >= 0.6 is 11.6 Å². The molecular formula is C12H14ClN3O4. The van der Waals surface area contributed by atoms with Crippen molar-refractivity contribution in [2.45, 2.75) is 26.4 Å². The molecule has 7 nitrogen and oxygen atoms in total. The van der Waals surface area contributed by atoms with Gasteiger partial charge in [0, 0.05) is 11.6 Å². The molecule has 8 heteroatoms. The summed E-state index contributed by atoms with van der Waals surface area (Å²) < 4.78 is 4.96. The molecule has 0 aliphatic rings. The Morgan fingerprint density at radius 3 is 2.70 bits per heavy atom. The second-order valence-corrected chi connectivity index (χ2v) is 5.25. The van der Waals surface area contributed by atoms with E-state index in [-0.39, 0.29) is 10.7 Å². The molecule has 20 heavy (non-hydrogen) atoms. The lowest BCUT2D eigenvalue weighted by Gasteiger charge is -2.18. The number of carbonyl (C=O) groups is 1. The lowest BCUT2D eigenvalue weighted by atomic mass is 10.2. The van der Waals surface area contributed by atoms with Gasteiger partial charge in [-0.15, -0.1) is 0 Å². The molecule has 0 atom stereocenters. The number of hydrogen-bond donors (Lipinski definition) is 1. The molecule has 0 aliphatic carbocycles. The van der Waals surface area contributed by atoms with Crippen molar-refractivity contribution < 1.29 is 14.5 Å². The predicted octanol–water partition coefficient (Wildman–Crippen LogP) is 3.11. The number of carbonyl (C=O) groups excluding carboxylic acids is 1. The highest BCUT2D eigenvalue weighted by molar-refractivity contribution is 6.32. The van der Waals surface area contributed by atoms with Crippen LogP contribution < -0.4 is 5.43 Å². The van der Waals surface area contributed by atoms with Crippen LogP contribution in [-0.2, 0) is 4.74 Å².